The van der Waals surface area contributed by atoms with E-state index in [0.29, 0.717) is 8.81 Å². The fraction of sp³-hybridized carbons (Fsp3) is 1.00. The lowest BCUT2D eigenvalue weighted by Crippen LogP contribution is -1.86. The van der Waals surface area contributed by atoms with Crippen LogP contribution in [0.1, 0.15) is 6.92 Å². The van der Waals surface area contributed by atoms with Gasteiger partial charge in [-0.05, 0) is 13.6 Å². The Morgan fingerprint density at radius 2 is 2.33 bits per heavy atom. The van der Waals surface area contributed by atoms with Crippen LogP contribution in [0.5, 0.6) is 0 Å². The highest BCUT2D eigenvalue weighted by atomic mass is 32.1. The van der Waals surface area contributed by atoms with Crippen LogP contribution < -0.4 is 0 Å². The van der Waals surface area contributed by atoms with E-state index in [4.69, 9.17) is 4.52 Å². The van der Waals surface area contributed by atoms with Crippen molar-refractivity contribution in [1.29, 1.82) is 0 Å². The highest BCUT2D eigenvalue weighted by molar-refractivity contribution is 7.80. The molecule has 2 unspecified atom stereocenters. The van der Waals surface area contributed by atoms with Gasteiger partial charge in [0.25, 0.3) is 0 Å². The second-order valence-corrected chi connectivity index (χ2v) is 2.29. The van der Waals surface area contributed by atoms with Crippen LogP contribution >= 0.6 is 21.4 Å². The van der Waals surface area contributed by atoms with Gasteiger partial charge in [0.1, 0.15) is 5.44 Å². The molecule has 0 fully saturated rings. The zero-order valence-corrected chi connectivity index (χ0v) is 5.83. The van der Waals surface area contributed by atoms with Crippen molar-refractivity contribution in [2.75, 3.05) is 6.66 Å². The Morgan fingerprint density at radius 1 is 1.83 bits per heavy atom. The van der Waals surface area contributed by atoms with Crippen LogP contribution in [-0.4, -0.2) is 12.1 Å². The number of rotatable bonds is 2. The molecule has 0 spiro atoms. The fourth-order valence-electron chi connectivity index (χ4n) is 0.171. The van der Waals surface area contributed by atoms with Gasteiger partial charge in [0.15, 0.2) is 0 Å². The number of hydrogen-bond donors (Lipinski definition) is 1. The summed E-state index contributed by atoms with van der Waals surface area (Å²) < 4.78 is 4.93. The van der Waals surface area contributed by atoms with Crippen LogP contribution in [0.15, 0.2) is 0 Å². The fourth-order valence-corrected chi connectivity index (χ4v) is 0.828. The summed E-state index contributed by atoms with van der Waals surface area (Å²) in [6.07, 6.45) is 0. The lowest BCUT2D eigenvalue weighted by Gasteiger charge is -1.99. The molecule has 0 saturated heterocycles. The standard InChI is InChI=1S/C3H9OPS/c1-3(6)4-5-2/h3,5-6H,1-2H3. The normalized spacial score (nSPS) is 16.5. The van der Waals surface area contributed by atoms with Crippen molar-refractivity contribution < 1.29 is 4.52 Å². The zero-order valence-electron chi connectivity index (χ0n) is 3.93. The molecule has 0 saturated carbocycles. The molecule has 0 rings (SSSR count). The first-order valence-corrected chi connectivity index (χ1v) is 3.70. The Morgan fingerprint density at radius 3 is 2.33 bits per heavy atom. The Balaban J connectivity index is 2.63. The minimum atomic E-state index is 0.105. The molecule has 0 aromatic carbocycles. The van der Waals surface area contributed by atoms with Crippen LogP contribution in [0.2, 0.25) is 0 Å². The third-order valence-corrected chi connectivity index (χ3v) is 1.18. The number of hydrogen-bond acceptors (Lipinski definition) is 2. The van der Waals surface area contributed by atoms with Crippen molar-refractivity contribution in [3.8, 4) is 0 Å². The van der Waals surface area contributed by atoms with Crippen molar-refractivity contribution >= 4 is 21.4 Å². The molecule has 0 radical (unpaired) electrons. The molecular formula is C3H9OPS. The van der Waals surface area contributed by atoms with Gasteiger partial charge in [0, 0.05) is 8.81 Å². The molecule has 0 aliphatic rings. The van der Waals surface area contributed by atoms with Crippen LogP contribution in [0, 0.1) is 0 Å². The topological polar surface area (TPSA) is 9.23 Å². The first kappa shape index (κ1) is 6.74. The van der Waals surface area contributed by atoms with Gasteiger partial charge < -0.3 is 4.52 Å². The minimum absolute atomic E-state index is 0.105. The van der Waals surface area contributed by atoms with Gasteiger partial charge in [-0.1, -0.05) is 0 Å². The predicted molar refractivity (Wildman–Crippen MR) is 33.8 cm³/mol. The summed E-state index contributed by atoms with van der Waals surface area (Å²) in [6, 6.07) is 0. The van der Waals surface area contributed by atoms with E-state index in [-0.39, 0.29) is 5.44 Å². The summed E-state index contributed by atoms with van der Waals surface area (Å²) in [5, 5.41) is 0. The lowest BCUT2D eigenvalue weighted by molar-refractivity contribution is 0.358. The van der Waals surface area contributed by atoms with Crippen LogP contribution in [0.4, 0.5) is 0 Å². The van der Waals surface area contributed by atoms with Crippen molar-refractivity contribution in [2.24, 2.45) is 0 Å². The molecule has 0 aromatic rings. The molecule has 6 heavy (non-hydrogen) atoms. The molecule has 0 aliphatic heterocycles. The second-order valence-electron chi connectivity index (χ2n) is 0.921. The van der Waals surface area contributed by atoms with Crippen LogP contribution in [0.3, 0.4) is 0 Å². The summed E-state index contributed by atoms with van der Waals surface area (Å²) in [7, 11) is 0.562. The largest absolute Gasteiger partial charge is 0.350 e. The molecule has 0 amide bonds. The molecule has 0 N–H and O–H groups in total. The smallest absolute Gasteiger partial charge is 0.101 e. The quantitative estimate of drug-likeness (QED) is 0.333. The van der Waals surface area contributed by atoms with E-state index in [9.17, 15) is 0 Å². The summed E-state index contributed by atoms with van der Waals surface area (Å²) in [5.41, 5.74) is 0.105. The first-order valence-electron chi connectivity index (χ1n) is 1.78. The first-order chi connectivity index (χ1) is 2.77. The average Bonchev–Trinajstić information content (AvgIpc) is 1.35. The third-order valence-electron chi connectivity index (χ3n) is 0.288. The number of thiol groups is 1. The third kappa shape index (κ3) is 4.74. The van der Waals surface area contributed by atoms with Gasteiger partial charge >= 0.3 is 0 Å². The maximum absolute atomic E-state index is 4.93. The highest BCUT2D eigenvalue weighted by Crippen LogP contribution is 2.10. The van der Waals surface area contributed by atoms with E-state index in [1.165, 1.54) is 0 Å². The van der Waals surface area contributed by atoms with E-state index in [0.717, 1.165) is 0 Å². The van der Waals surface area contributed by atoms with Crippen LogP contribution in [-0.2, 0) is 4.52 Å². The van der Waals surface area contributed by atoms with Crippen LogP contribution in [0.25, 0.3) is 0 Å². The molecule has 0 bridgehead atoms. The Labute approximate surface area is 45.7 Å². The van der Waals surface area contributed by atoms with Crippen molar-refractivity contribution in [2.45, 2.75) is 12.4 Å². The molecule has 1 nitrogen and oxygen atoms in total. The summed E-state index contributed by atoms with van der Waals surface area (Å²) in [6.45, 7) is 3.88. The van der Waals surface area contributed by atoms with E-state index in [2.05, 4.69) is 12.6 Å². The molecule has 38 valence electrons. The van der Waals surface area contributed by atoms with Gasteiger partial charge in [-0.3, -0.25) is 0 Å². The minimum Gasteiger partial charge on any atom is -0.350 e. The summed E-state index contributed by atoms with van der Waals surface area (Å²) in [5.74, 6) is 0. The molecule has 0 aromatic heterocycles. The highest BCUT2D eigenvalue weighted by Gasteiger charge is 1.84. The van der Waals surface area contributed by atoms with Gasteiger partial charge in [0.05, 0.1) is 0 Å². The SMILES string of the molecule is CPOC(C)S. The van der Waals surface area contributed by atoms with E-state index < -0.39 is 0 Å². The van der Waals surface area contributed by atoms with Gasteiger partial charge in [0.2, 0.25) is 0 Å². The van der Waals surface area contributed by atoms with Crippen molar-refractivity contribution in [3.05, 3.63) is 0 Å². The maximum Gasteiger partial charge on any atom is 0.101 e. The molecule has 3 heteroatoms. The average molecular weight is 124 g/mol. The zero-order chi connectivity index (χ0) is 4.99. The van der Waals surface area contributed by atoms with Gasteiger partial charge in [-0.15, -0.1) is 12.6 Å². The Hall–Kier alpha value is 0.740. The van der Waals surface area contributed by atoms with E-state index in [1.807, 2.05) is 13.6 Å². The summed E-state index contributed by atoms with van der Waals surface area (Å²) >= 11 is 3.96. The Bertz CT molecular complexity index is 32.0. The van der Waals surface area contributed by atoms with Gasteiger partial charge in [-0.25, -0.2) is 0 Å². The molecule has 2 atom stereocenters. The van der Waals surface area contributed by atoms with Crippen molar-refractivity contribution in [3.63, 3.8) is 0 Å². The molecular weight excluding hydrogens is 115 g/mol. The molecule has 0 heterocycles. The molecule has 0 aliphatic carbocycles. The second kappa shape index (κ2) is 3.91. The van der Waals surface area contributed by atoms with E-state index >= 15 is 0 Å². The van der Waals surface area contributed by atoms with Gasteiger partial charge in [-0.2, -0.15) is 0 Å². The lowest BCUT2D eigenvalue weighted by atomic mass is 10.9. The monoisotopic (exact) mass is 124 g/mol. The van der Waals surface area contributed by atoms with Crippen molar-refractivity contribution in [1.82, 2.24) is 0 Å². The summed E-state index contributed by atoms with van der Waals surface area (Å²) in [4.78, 5) is 0. The maximum atomic E-state index is 4.93. The van der Waals surface area contributed by atoms with E-state index in [1.54, 1.807) is 0 Å². The Kier molecular flexibility index (Phi) is 4.40. The predicted octanol–water partition coefficient (Wildman–Crippen LogP) is 1.50.